The molecule has 3 aromatic carbocycles. The number of thiazole rings is 1. The summed E-state index contributed by atoms with van der Waals surface area (Å²) in [5.41, 5.74) is 5.36. The Morgan fingerprint density at radius 1 is 0.804 bits per heavy atom. The van der Waals surface area contributed by atoms with Crippen LogP contribution in [-0.4, -0.2) is 36.6 Å². The fraction of sp³-hybridized carbons (Fsp3) is 0.297. The van der Waals surface area contributed by atoms with E-state index in [1.54, 1.807) is 24.4 Å². The molecule has 2 aromatic heterocycles. The number of benzene rings is 3. The highest BCUT2D eigenvalue weighted by molar-refractivity contribution is 7.93. The normalized spacial score (nSPS) is 12.2. The Morgan fingerprint density at radius 3 is 2.24 bits per heavy atom. The molecule has 0 fully saturated rings. The van der Waals surface area contributed by atoms with Crippen LogP contribution in [0.4, 0.5) is 5.69 Å². The summed E-state index contributed by atoms with van der Waals surface area (Å²) in [7, 11) is -3.96. The summed E-state index contributed by atoms with van der Waals surface area (Å²) in [5, 5.41) is 14.4. The van der Waals surface area contributed by atoms with Crippen molar-refractivity contribution in [1.29, 1.82) is 0 Å². The smallest absolute Gasteiger partial charge is 0.280 e. The van der Waals surface area contributed by atoms with E-state index in [1.165, 1.54) is 36.2 Å². The second-order valence-electron chi connectivity index (χ2n) is 11.4. The SMILES string of the molecule is CCCCCCc1ccc(-c2sc(Cc3ccccc3)nc2S(=O)(=O)Nc2ccc(CCNCC(O)c3ccccn3)cc2)cc1. The maximum atomic E-state index is 13.8. The van der Waals surface area contributed by atoms with Gasteiger partial charge in [0.15, 0.2) is 5.03 Å². The summed E-state index contributed by atoms with van der Waals surface area (Å²) < 4.78 is 30.4. The summed E-state index contributed by atoms with van der Waals surface area (Å²) in [6.45, 7) is 3.28. The molecule has 5 rings (SSSR count). The molecule has 7 nitrogen and oxygen atoms in total. The Bertz CT molecular complexity index is 1740. The van der Waals surface area contributed by atoms with Crippen LogP contribution in [0.3, 0.4) is 0 Å². The van der Waals surface area contributed by atoms with E-state index in [-0.39, 0.29) is 5.03 Å². The third-order valence-electron chi connectivity index (χ3n) is 7.79. The number of sulfonamides is 1. The van der Waals surface area contributed by atoms with Crippen LogP contribution in [0, 0.1) is 0 Å². The highest BCUT2D eigenvalue weighted by atomic mass is 32.2. The number of aliphatic hydroxyl groups is 1. The van der Waals surface area contributed by atoms with E-state index in [1.807, 2.05) is 66.7 Å². The molecule has 5 aromatic rings. The minimum Gasteiger partial charge on any atom is -0.385 e. The predicted octanol–water partition coefficient (Wildman–Crippen LogP) is 7.59. The van der Waals surface area contributed by atoms with Gasteiger partial charge in [-0.15, -0.1) is 11.3 Å². The molecular weight excluding hydrogens is 613 g/mol. The van der Waals surface area contributed by atoms with Gasteiger partial charge in [-0.25, -0.2) is 4.98 Å². The van der Waals surface area contributed by atoms with Crippen molar-refractivity contribution in [2.24, 2.45) is 0 Å². The second-order valence-corrected chi connectivity index (χ2v) is 14.1. The monoisotopic (exact) mass is 654 g/mol. The quantitative estimate of drug-likeness (QED) is 0.0893. The van der Waals surface area contributed by atoms with Crippen LogP contribution in [0.15, 0.2) is 108 Å². The van der Waals surface area contributed by atoms with Gasteiger partial charge in [-0.1, -0.05) is 99.0 Å². The van der Waals surface area contributed by atoms with Gasteiger partial charge < -0.3 is 10.4 Å². The van der Waals surface area contributed by atoms with Gasteiger partial charge in [0, 0.05) is 24.8 Å². The first kappa shape index (κ1) is 33.5. The minimum absolute atomic E-state index is 0.0545. The second kappa shape index (κ2) is 16.6. The molecule has 3 N–H and O–H groups in total. The maximum Gasteiger partial charge on any atom is 0.280 e. The van der Waals surface area contributed by atoms with Crippen molar-refractivity contribution in [2.75, 3.05) is 17.8 Å². The number of rotatable bonds is 17. The molecule has 46 heavy (non-hydrogen) atoms. The van der Waals surface area contributed by atoms with Crippen molar-refractivity contribution >= 4 is 27.0 Å². The summed E-state index contributed by atoms with van der Waals surface area (Å²) in [6, 6.07) is 31.1. The van der Waals surface area contributed by atoms with Crippen LogP contribution in [-0.2, 0) is 29.3 Å². The third kappa shape index (κ3) is 9.56. The topological polar surface area (TPSA) is 104 Å². The van der Waals surface area contributed by atoms with Crippen LogP contribution in [0.5, 0.6) is 0 Å². The van der Waals surface area contributed by atoms with E-state index in [9.17, 15) is 13.5 Å². The van der Waals surface area contributed by atoms with Crippen molar-refractivity contribution in [3.05, 3.63) is 131 Å². The van der Waals surface area contributed by atoms with Gasteiger partial charge >= 0.3 is 0 Å². The van der Waals surface area contributed by atoms with E-state index >= 15 is 0 Å². The van der Waals surface area contributed by atoms with Gasteiger partial charge in [-0.3, -0.25) is 9.71 Å². The first-order chi connectivity index (χ1) is 22.4. The molecular formula is C37H42N4O3S2. The molecule has 0 amide bonds. The summed E-state index contributed by atoms with van der Waals surface area (Å²) in [4.78, 5) is 9.51. The van der Waals surface area contributed by atoms with Crippen LogP contribution in [0.2, 0.25) is 0 Å². The van der Waals surface area contributed by atoms with Gasteiger partial charge in [-0.2, -0.15) is 8.42 Å². The molecule has 0 aliphatic heterocycles. The van der Waals surface area contributed by atoms with Crippen molar-refractivity contribution < 1.29 is 13.5 Å². The Kier molecular flexibility index (Phi) is 12.1. The minimum atomic E-state index is -3.96. The fourth-order valence-corrected chi connectivity index (χ4v) is 7.88. The Labute approximate surface area is 276 Å². The zero-order chi connectivity index (χ0) is 32.2. The zero-order valence-corrected chi connectivity index (χ0v) is 27.9. The average Bonchev–Trinajstić information content (AvgIpc) is 3.51. The number of nitrogens with one attached hydrogen (secondary N) is 2. The average molecular weight is 655 g/mol. The van der Waals surface area contributed by atoms with Crippen LogP contribution >= 0.6 is 11.3 Å². The third-order valence-corrected chi connectivity index (χ3v) is 10.3. The van der Waals surface area contributed by atoms with Gasteiger partial charge in [0.1, 0.15) is 6.10 Å². The molecule has 0 saturated carbocycles. The summed E-state index contributed by atoms with van der Waals surface area (Å²) in [5.74, 6) is 0. The molecule has 0 spiro atoms. The maximum absolute atomic E-state index is 13.8. The predicted molar refractivity (Wildman–Crippen MR) is 188 cm³/mol. The van der Waals surface area contributed by atoms with Crippen molar-refractivity contribution in [1.82, 2.24) is 15.3 Å². The molecule has 0 aliphatic carbocycles. The molecule has 0 bridgehead atoms. The number of hydrogen-bond donors (Lipinski definition) is 3. The van der Waals surface area contributed by atoms with E-state index in [4.69, 9.17) is 0 Å². The number of unbranched alkanes of at least 4 members (excludes halogenated alkanes) is 3. The molecule has 240 valence electrons. The Hall–Kier alpha value is -3.89. The molecule has 0 saturated heterocycles. The van der Waals surface area contributed by atoms with Crippen molar-refractivity contribution in [3.63, 3.8) is 0 Å². The lowest BCUT2D eigenvalue weighted by atomic mass is 10.0. The largest absolute Gasteiger partial charge is 0.385 e. The number of aliphatic hydroxyl groups excluding tert-OH is 1. The summed E-state index contributed by atoms with van der Waals surface area (Å²) >= 11 is 1.43. The molecule has 9 heteroatoms. The molecule has 1 atom stereocenters. The number of anilines is 1. The lowest BCUT2D eigenvalue weighted by Crippen LogP contribution is -2.24. The molecule has 0 aliphatic rings. The van der Waals surface area contributed by atoms with E-state index in [0.29, 0.717) is 35.8 Å². The van der Waals surface area contributed by atoms with Crippen molar-refractivity contribution in [2.45, 2.75) is 63.0 Å². The van der Waals surface area contributed by atoms with Crippen LogP contribution in [0.1, 0.15) is 66.1 Å². The highest BCUT2D eigenvalue weighted by Gasteiger charge is 2.25. The summed E-state index contributed by atoms with van der Waals surface area (Å²) in [6.07, 6.45) is 8.14. The number of aromatic nitrogens is 2. The molecule has 0 radical (unpaired) electrons. The number of nitrogens with zero attached hydrogens (tertiary/aromatic N) is 2. The van der Waals surface area contributed by atoms with E-state index in [2.05, 4.69) is 39.1 Å². The number of pyridine rings is 1. The number of hydrogen-bond acceptors (Lipinski definition) is 7. The van der Waals surface area contributed by atoms with Crippen LogP contribution in [0.25, 0.3) is 10.4 Å². The van der Waals surface area contributed by atoms with Crippen LogP contribution < -0.4 is 10.0 Å². The Morgan fingerprint density at radius 2 is 1.52 bits per heavy atom. The van der Waals surface area contributed by atoms with E-state index in [0.717, 1.165) is 41.0 Å². The van der Waals surface area contributed by atoms with Gasteiger partial charge in [-0.05, 0) is 72.3 Å². The lowest BCUT2D eigenvalue weighted by molar-refractivity contribution is 0.170. The zero-order valence-electron chi connectivity index (χ0n) is 26.2. The molecule has 2 heterocycles. The first-order valence-electron chi connectivity index (χ1n) is 16.0. The van der Waals surface area contributed by atoms with E-state index < -0.39 is 16.1 Å². The highest BCUT2D eigenvalue weighted by Crippen LogP contribution is 2.35. The first-order valence-corrected chi connectivity index (χ1v) is 18.3. The van der Waals surface area contributed by atoms with Crippen molar-refractivity contribution in [3.8, 4) is 10.4 Å². The standard InChI is InChI=1S/C37H42N4O3S2/c1-2-3-4-6-11-28-15-19-31(20-16-28)36-37(40-35(45-36)26-30-12-7-5-8-13-30)46(43,44)41-32-21-17-29(18-22-32)23-25-38-27-34(42)33-14-9-10-24-39-33/h5,7-10,12-22,24,34,38,41-42H,2-4,6,11,23,25-27H2,1H3. The fourth-order valence-electron chi connectivity index (χ4n) is 5.23. The molecule has 1 unspecified atom stereocenters. The van der Waals surface area contributed by atoms with Gasteiger partial charge in [0.2, 0.25) is 0 Å². The van der Waals surface area contributed by atoms with Gasteiger partial charge in [0.05, 0.1) is 15.6 Å². The Balaban J connectivity index is 1.26. The lowest BCUT2D eigenvalue weighted by Gasteiger charge is -2.12. The number of aryl methyl sites for hydroxylation is 1. The van der Waals surface area contributed by atoms with Gasteiger partial charge in [0.25, 0.3) is 10.0 Å².